The molecule has 120 valence electrons. The van der Waals surface area contributed by atoms with Crippen molar-refractivity contribution in [3.63, 3.8) is 0 Å². The van der Waals surface area contributed by atoms with E-state index in [1.54, 1.807) is 30.5 Å². The molecule has 0 unspecified atom stereocenters. The molecular formula is C14H12BrClN4O3. The Bertz CT molecular complexity index is 747. The van der Waals surface area contributed by atoms with Gasteiger partial charge in [-0.15, -0.1) is 0 Å². The van der Waals surface area contributed by atoms with E-state index in [4.69, 9.17) is 11.6 Å². The zero-order valence-electron chi connectivity index (χ0n) is 11.7. The average Bonchev–Trinajstić information content (AvgIpc) is 2.96. The van der Waals surface area contributed by atoms with Gasteiger partial charge in [0.05, 0.1) is 6.54 Å². The normalized spacial score (nSPS) is 10.0. The number of hydrogen-bond donors (Lipinski definition) is 4. The van der Waals surface area contributed by atoms with Crippen LogP contribution in [0.2, 0.25) is 5.02 Å². The molecule has 0 saturated carbocycles. The van der Waals surface area contributed by atoms with Crippen molar-refractivity contribution in [1.82, 2.24) is 21.2 Å². The van der Waals surface area contributed by atoms with Crippen LogP contribution in [0.25, 0.3) is 0 Å². The van der Waals surface area contributed by atoms with Crippen molar-refractivity contribution in [2.75, 3.05) is 6.54 Å². The Hall–Kier alpha value is -2.32. The number of nitrogens with one attached hydrogen (secondary N) is 4. The minimum atomic E-state index is -0.570. The van der Waals surface area contributed by atoms with Crippen molar-refractivity contribution in [3.8, 4) is 0 Å². The monoisotopic (exact) mass is 398 g/mol. The molecule has 0 fully saturated rings. The van der Waals surface area contributed by atoms with Crippen LogP contribution in [0.1, 0.15) is 20.8 Å². The highest BCUT2D eigenvalue weighted by atomic mass is 79.9. The summed E-state index contributed by atoms with van der Waals surface area (Å²) in [4.78, 5) is 37.8. The smallest absolute Gasteiger partial charge is 0.286 e. The van der Waals surface area contributed by atoms with E-state index in [2.05, 4.69) is 37.1 Å². The zero-order valence-corrected chi connectivity index (χ0v) is 14.0. The fourth-order valence-electron chi connectivity index (χ4n) is 1.63. The molecule has 0 aliphatic rings. The molecule has 0 aliphatic carbocycles. The molecule has 9 heteroatoms. The molecule has 23 heavy (non-hydrogen) atoms. The third-order valence-electron chi connectivity index (χ3n) is 2.70. The van der Waals surface area contributed by atoms with Gasteiger partial charge in [0.1, 0.15) is 5.69 Å². The van der Waals surface area contributed by atoms with Gasteiger partial charge >= 0.3 is 0 Å². The number of benzene rings is 1. The molecule has 2 rings (SSSR count). The zero-order chi connectivity index (χ0) is 16.8. The van der Waals surface area contributed by atoms with Crippen LogP contribution < -0.4 is 16.2 Å². The fourth-order valence-corrected chi connectivity index (χ4v) is 2.16. The average molecular weight is 400 g/mol. The summed E-state index contributed by atoms with van der Waals surface area (Å²) in [5.74, 6) is -1.52. The number of amides is 3. The summed E-state index contributed by atoms with van der Waals surface area (Å²) in [6, 6.07) is 7.89. The lowest BCUT2D eigenvalue weighted by atomic mass is 10.2. The Balaban J connectivity index is 1.77. The summed E-state index contributed by atoms with van der Waals surface area (Å²) in [5, 5.41) is 2.84. The number of aromatic nitrogens is 1. The number of hydrazine groups is 1. The molecule has 0 atom stereocenters. The third kappa shape index (κ3) is 5.11. The lowest BCUT2D eigenvalue weighted by Gasteiger charge is -2.08. The third-order valence-corrected chi connectivity index (χ3v) is 3.40. The van der Waals surface area contributed by atoms with E-state index < -0.39 is 17.7 Å². The lowest BCUT2D eigenvalue weighted by molar-refractivity contribution is -0.120. The van der Waals surface area contributed by atoms with E-state index in [-0.39, 0.29) is 12.2 Å². The molecular weight excluding hydrogens is 388 g/mol. The van der Waals surface area contributed by atoms with Crippen LogP contribution in [0, 0.1) is 0 Å². The van der Waals surface area contributed by atoms with Gasteiger partial charge < -0.3 is 10.3 Å². The second-order valence-electron chi connectivity index (χ2n) is 4.43. The number of halogens is 2. The Kier molecular flexibility index (Phi) is 5.78. The number of rotatable bonds is 4. The summed E-state index contributed by atoms with van der Waals surface area (Å²) in [7, 11) is 0. The summed E-state index contributed by atoms with van der Waals surface area (Å²) in [6.07, 6.45) is 1.59. The van der Waals surface area contributed by atoms with Crippen molar-refractivity contribution in [1.29, 1.82) is 0 Å². The summed E-state index contributed by atoms with van der Waals surface area (Å²) in [5.41, 5.74) is 5.03. The largest absolute Gasteiger partial charge is 0.356 e. The Morgan fingerprint density at radius 1 is 1.13 bits per heavy atom. The van der Waals surface area contributed by atoms with Crippen LogP contribution in [0.3, 0.4) is 0 Å². The van der Waals surface area contributed by atoms with Gasteiger partial charge in [0.25, 0.3) is 17.7 Å². The molecule has 0 radical (unpaired) electrons. The van der Waals surface area contributed by atoms with Crippen molar-refractivity contribution in [2.24, 2.45) is 0 Å². The first-order valence-corrected chi connectivity index (χ1v) is 7.59. The van der Waals surface area contributed by atoms with E-state index in [1.165, 1.54) is 6.07 Å². The lowest BCUT2D eigenvalue weighted by Crippen LogP contribution is -2.46. The van der Waals surface area contributed by atoms with Crippen LogP contribution >= 0.6 is 27.5 Å². The molecule has 1 aromatic carbocycles. The second kappa shape index (κ2) is 7.80. The molecule has 1 heterocycles. The Morgan fingerprint density at radius 3 is 2.57 bits per heavy atom. The van der Waals surface area contributed by atoms with E-state index >= 15 is 0 Å². The number of carbonyl (C=O) groups is 3. The molecule has 0 aliphatic heterocycles. The summed E-state index contributed by atoms with van der Waals surface area (Å²) < 4.78 is 0.711. The van der Waals surface area contributed by atoms with E-state index in [9.17, 15) is 14.4 Å². The second-order valence-corrected chi connectivity index (χ2v) is 5.78. The van der Waals surface area contributed by atoms with Gasteiger partial charge in [-0.25, -0.2) is 0 Å². The van der Waals surface area contributed by atoms with Crippen LogP contribution in [-0.2, 0) is 4.79 Å². The minimum Gasteiger partial charge on any atom is -0.356 e. The highest BCUT2D eigenvalue weighted by Crippen LogP contribution is 2.10. The summed E-state index contributed by atoms with van der Waals surface area (Å²) >= 11 is 8.98. The van der Waals surface area contributed by atoms with Gasteiger partial charge in [-0.1, -0.05) is 17.7 Å². The molecule has 0 saturated heterocycles. The molecule has 0 spiro atoms. The molecule has 3 amide bonds. The first-order valence-electron chi connectivity index (χ1n) is 6.42. The van der Waals surface area contributed by atoms with E-state index in [0.29, 0.717) is 15.1 Å². The topological polar surface area (TPSA) is 103 Å². The fraction of sp³-hybridized carbons (Fsp3) is 0.0714. The van der Waals surface area contributed by atoms with Crippen LogP contribution in [-0.4, -0.2) is 29.3 Å². The Labute approximate surface area is 144 Å². The highest BCUT2D eigenvalue weighted by molar-refractivity contribution is 9.10. The van der Waals surface area contributed by atoms with Crippen molar-refractivity contribution in [3.05, 3.63) is 57.3 Å². The maximum atomic E-state index is 11.8. The standard InChI is InChI=1S/C14H12BrClN4O3/c15-9-5-11(17-6-9)14(23)20-19-12(21)7-18-13(22)8-2-1-3-10(16)4-8/h1-6,17H,7H2,(H,18,22)(H,19,21)(H,20,23). The van der Waals surface area contributed by atoms with Gasteiger partial charge in [-0.2, -0.15) is 0 Å². The molecule has 0 bridgehead atoms. The molecule has 2 aromatic rings. The van der Waals surface area contributed by atoms with Gasteiger partial charge in [-0.05, 0) is 40.2 Å². The van der Waals surface area contributed by atoms with Crippen LogP contribution in [0.5, 0.6) is 0 Å². The van der Waals surface area contributed by atoms with Gasteiger partial charge in [0.2, 0.25) is 0 Å². The number of hydrogen-bond acceptors (Lipinski definition) is 3. The SMILES string of the molecule is O=C(CNC(=O)c1cccc(Cl)c1)NNC(=O)c1cc(Br)c[nH]1. The molecule has 7 nitrogen and oxygen atoms in total. The summed E-state index contributed by atoms with van der Waals surface area (Å²) in [6.45, 7) is -0.292. The Morgan fingerprint density at radius 2 is 1.91 bits per heavy atom. The quantitative estimate of drug-likeness (QED) is 0.587. The highest BCUT2D eigenvalue weighted by Gasteiger charge is 2.11. The maximum absolute atomic E-state index is 11.8. The van der Waals surface area contributed by atoms with Crippen molar-refractivity contribution < 1.29 is 14.4 Å². The van der Waals surface area contributed by atoms with Crippen molar-refractivity contribution in [2.45, 2.75) is 0 Å². The molecule has 1 aromatic heterocycles. The van der Waals surface area contributed by atoms with E-state index in [1.807, 2.05) is 0 Å². The molecule has 4 N–H and O–H groups in total. The first kappa shape index (κ1) is 17.0. The number of carbonyl (C=O) groups excluding carboxylic acids is 3. The first-order chi connectivity index (χ1) is 11.0. The van der Waals surface area contributed by atoms with E-state index in [0.717, 1.165) is 0 Å². The van der Waals surface area contributed by atoms with Gasteiger partial charge in [0.15, 0.2) is 0 Å². The van der Waals surface area contributed by atoms with Crippen molar-refractivity contribution >= 4 is 45.3 Å². The number of H-pyrrole nitrogens is 1. The predicted octanol–water partition coefficient (Wildman–Crippen LogP) is 1.62. The maximum Gasteiger partial charge on any atom is 0.286 e. The van der Waals surface area contributed by atoms with Crippen LogP contribution in [0.15, 0.2) is 41.0 Å². The van der Waals surface area contributed by atoms with Gasteiger partial charge in [-0.3, -0.25) is 25.2 Å². The van der Waals surface area contributed by atoms with Gasteiger partial charge in [0, 0.05) is 21.3 Å². The number of aromatic amines is 1. The predicted molar refractivity (Wildman–Crippen MR) is 87.9 cm³/mol. The van der Waals surface area contributed by atoms with Crippen LogP contribution in [0.4, 0.5) is 0 Å². The minimum absolute atomic E-state index is 0.278.